The fourth-order valence-corrected chi connectivity index (χ4v) is 2.34. The van der Waals surface area contributed by atoms with Crippen LogP contribution in [-0.2, 0) is 11.3 Å². The number of hydrogen-bond acceptors (Lipinski definition) is 3. The second-order valence-electron chi connectivity index (χ2n) is 3.45. The summed E-state index contributed by atoms with van der Waals surface area (Å²) in [6.07, 6.45) is 0. The van der Waals surface area contributed by atoms with Gasteiger partial charge in [0, 0.05) is 10.6 Å². The predicted molar refractivity (Wildman–Crippen MR) is 55.0 cm³/mol. The van der Waals surface area contributed by atoms with Crippen molar-refractivity contribution in [3.63, 3.8) is 0 Å². The van der Waals surface area contributed by atoms with Crippen molar-refractivity contribution in [3.05, 3.63) is 20.2 Å². The first-order valence-corrected chi connectivity index (χ1v) is 5.17. The number of carboxylic acids is 1. The molecule has 0 amide bonds. The Bertz CT molecular complexity index is 403. The Hall–Kier alpha value is -1.10. The second kappa shape index (κ2) is 3.96. The van der Waals surface area contributed by atoms with E-state index in [1.54, 1.807) is 6.92 Å². The van der Waals surface area contributed by atoms with Crippen molar-refractivity contribution < 1.29 is 9.90 Å². The maximum atomic E-state index is 11.4. The van der Waals surface area contributed by atoms with E-state index in [0.717, 1.165) is 21.9 Å². The molecule has 0 aliphatic rings. The first-order valence-electron chi connectivity index (χ1n) is 4.35. The van der Waals surface area contributed by atoms with Gasteiger partial charge in [-0.1, -0.05) is 25.2 Å². The SMILES string of the molecule is Cc1c(C(C)C)sc(=O)n1CC(=O)O. The quantitative estimate of drug-likeness (QED) is 0.829. The molecule has 0 radical (unpaired) electrons. The van der Waals surface area contributed by atoms with Crippen LogP contribution in [0.15, 0.2) is 4.79 Å². The van der Waals surface area contributed by atoms with Gasteiger partial charge in [-0.15, -0.1) is 0 Å². The van der Waals surface area contributed by atoms with Gasteiger partial charge in [-0.2, -0.15) is 0 Å². The van der Waals surface area contributed by atoms with Gasteiger partial charge in [0.25, 0.3) is 0 Å². The maximum Gasteiger partial charge on any atom is 0.323 e. The summed E-state index contributed by atoms with van der Waals surface area (Å²) < 4.78 is 1.31. The highest BCUT2D eigenvalue weighted by Crippen LogP contribution is 2.21. The van der Waals surface area contributed by atoms with E-state index < -0.39 is 5.97 Å². The fraction of sp³-hybridized carbons (Fsp3) is 0.556. The van der Waals surface area contributed by atoms with Crippen LogP contribution in [0.25, 0.3) is 0 Å². The van der Waals surface area contributed by atoms with E-state index >= 15 is 0 Å². The lowest BCUT2D eigenvalue weighted by Crippen LogP contribution is -2.20. The van der Waals surface area contributed by atoms with Crippen LogP contribution in [0.3, 0.4) is 0 Å². The van der Waals surface area contributed by atoms with E-state index in [4.69, 9.17) is 5.11 Å². The van der Waals surface area contributed by atoms with E-state index in [1.807, 2.05) is 13.8 Å². The van der Waals surface area contributed by atoms with Gasteiger partial charge in [0.15, 0.2) is 0 Å². The van der Waals surface area contributed by atoms with Crippen molar-refractivity contribution >= 4 is 17.3 Å². The Morgan fingerprint density at radius 3 is 2.50 bits per heavy atom. The first kappa shape index (κ1) is 11.0. The molecule has 1 heterocycles. The molecule has 0 saturated carbocycles. The topological polar surface area (TPSA) is 59.3 Å². The van der Waals surface area contributed by atoms with Gasteiger partial charge in [0.05, 0.1) is 0 Å². The molecular formula is C9H13NO3S. The largest absolute Gasteiger partial charge is 0.480 e. The van der Waals surface area contributed by atoms with Crippen LogP contribution in [-0.4, -0.2) is 15.6 Å². The lowest BCUT2D eigenvalue weighted by Gasteiger charge is -2.04. The zero-order valence-corrected chi connectivity index (χ0v) is 9.22. The number of rotatable bonds is 3. The van der Waals surface area contributed by atoms with Crippen LogP contribution >= 0.6 is 11.3 Å². The van der Waals surface area contributed by atoms with Gasteiger partial charge in [-0.05, 0) is 12.8 Å². The third-order valence-electron chi connectivity index (χ3n) is 2.00. The molecule has 1 rings (SSSR count). The third kappa shape index (κ3) is 2.04. The zero-order valence-electron chi connectivity index (χ0n) is 8.40. The van der Waals surface area contributed by atoms with E-state index in [9.17, 15) is 9.59 Å². The van der Waals surface area contributed by atoms with Crippen LogP contribution in [0, 0.1) is 6.92 Å². The molecule has 0 unspecified atom stereocenters. The monoisotopic (exact) mass is 215 g/mol. The van der Waals surface area contributed by atoms with Crippen molar-refractivity contribution in [2.45, 2.75) is 33.2 Å². The summed E-state index contributed by atoms with van der Waals surface area (Å²) in [6, 6.07) is 0. The number of aliphatic carboxylic acids is 1. The van der Waals surface area contributed by atoms with Gasteiger partial charge in [-0.3, -0.25) is 14.2 Å². The number of aromatic nitrogens is 1. The Morgan fingerprint density at radius 2 is 2.14 bits per heavy atom. The average Bonchev–Trinajstić information content (AvgIpc) is 2.31. The van der Waals surface area contributed by atoms with Crippen LogP contribution in [0.2, 0.25) is 0 Å². The van der Waals surface area contributed by atoms with Crippen molar-refractivity contribution in [2.24, 2.45) is 0 Å². The van der Waals surface area contributed by atoms with Crippen molar-refractivity contribution in [3.8, 4) is 0 Å². The van der Waals surface area contributed by atoms with Crippen LogP contribution in [0.1, 0.15) is 30.3 Å². The van der Waals surface area contributed by atoms with Crippen molar-refractivity contribution in [2.75, 3.05) is 0 Å². The zero-order chi connectivity index (χ0) is 10.9. The van der Waals surface area contributed by atoms with Crippen LogP contribution < -0.4 is 4.87 Å². The summed E-state index contributed by atoms with van der Waals surface area (Å²) in [5, 5.41) is 8.61. The first-order chi connectivity index (χ1) is 6.43. The highest BCUT2D eigenvalue weighted by atomic mass is 32.1. The Morgan fingerprint density at radius 1 is 1.57 bits per heavy atom. The normalized spacial score (nSPS) is 10.9. The van der Waals surface area contributed by atoms with E-state index in [2.05, 4.69) is 0 Å². The van der Waals surface area contributed by atoms with E-state index in [0.29, 0.717) is 0 Å². The maximum absolute atomic E-state index is 11.4. The summed E-state index contributed by atoms with van der Waals surface area (Å²) in [6.45, 7) is 5.52. The number of carbonyl (C=O) groups is 1. The third-order valence-corrected chi connectivity index (χ3v) is 3.38. The molecule has 78 valence electrons. The second-order valence-corrected chi connectivity index (χ2v) is 4.45. The summed E-state index contributed by atoms with van der Waals surface area (Å²) in [5.41, 5.74) is 0.775. The lowest BCUT2D eigenvalue weighted by molar-refractivity contribution is -0.137. The highest BCUT2D eigenvalue weighted by Gasteiger charge is 2.14. The lowest BCUT2D eigenvalue weighted by atomic mass is 10.1. The minimum absolute atomic E-state index is 0.186. The van der Waals surface area contributed by atoms with Gasteiger partial charge in [-0.25, -0.2) is 0 Å². The molecule has 0 atom stereocenters. The summed E-state index contributed by atoms with van der Waals surface area (Å²) in [5.74, 6) is -0.717. The number of hydrogen-bond donors (Lipinski definition) is 1. The number of nitrogens with zero attached hydrogens (tertiary/aromatic N) is 1. The minimum atomic E-state index is -0.983. The molecule has 0 aliphatic carbocycles. The molecule has 0 bridgehead atoms. The smallest absolute Gasteiger partial charge is 0.323 e. The molecule has 0 aliphatic heterocycles. The minimum Gasteiger partial charge on any atom is -0.480 e. The molecule has 0 aromatic carbocycles. The predicted octanol–water partition coefficient (Wildman–Crippen LogP) is 1.43. The van der Waals surface area contributed by atoms with E-state index in [-0.39, 0.29) is 17.3 Å². The van der Waals surface area contributed by atoms with Crippen LogP contribution in [0.5, 0.6) is 0 Å². The molecule has 5 heteroatoms. The number of carboxylic acid groups (broad SMARTS) is 1. The van der Waals surface area contributed by atoms with Gasteiger partial charge >= 0.3 is 10.8 Å². The molecule has 1 aromatic heterocycles. The highest BCUT2D eigenvalue weighted by molar-refractivity contribution is 7.09. The van der Waals surface area contributed by atoms with Gasteiger partial charge in [0.2, 0.25) is 0 Å². The van der Waals surface area contributed by atoms with E-state index in [1.165, 1.54) is 4.57 Å². The Labute approximate surface area is 85.8 Å². The molecule has 0 saturated heterocycles. The molecule has 0 fully saturated rings. The standard InChI is InChI=1S/C9H13NO3S/c1-5(2)8-6(3)10(4-7(11)12)9(13)14-8/h5H,4H2,1-3H3,(H,11,12). The molecular weight excluding hydrogens is 202 g/mol. The number of thiazole rings is 1. The molecule has 14 heavy (non-hydrogen) atoms. The van der Waals surface area contributed by atoms with Crippen molar-refractivity contribution in [1.29, 1.82) is 0 Å². The Balaban J connectivity index is 3.18. The Kier molecular flexibility index (Phi) is 3.10. The summed E-state index contributed by atoms with van der Waals surface area (Å²) in [7, 11) is 0. The fourth-order valence-electron chi connectivity index (χ4n) is 1.35. The molecule has 1 N–H and O–H groups in total. The molecule has 4 nitrogen and oxygen atoms in total. The average molecular weight is 215 g/mol. The van der Waals surface area contributed by atoms with Gasteiger partial charge < -0.3 is 5.11 Å². The van der Waals surface area contributed by atoms with Crippen molar-refractivity contribution in [1.82, 2.24) is 4.57 Å². The summed E-state index contributed by atoms with van der Waals surface area (Å²) in [4.78, 5) is 22.7. The molecule has 1 aromatic rings. The van der Waals surface area contributed by atoms with Gasteiger partial charge in [0.1, 0.15) is 6.54 Å². The molecule has 0 spiro atoms. The van der Waals surface area contributed by atoms with Crippen LogP contribution in [0.4, 0.5) is 0 Å². The summed E-state index contributed by atoms with van der Waals surface area (Å²) >= 11 is 1.14.